The van der Waals surface area contributed by atoms with Crippen LogP contribution in [0.25, 0.3) is 0 Å². The van der Waals surface area contributed by atoms with Crippen molar-refractivity contribution in [3.05, 3.63) is 27.2 Å². The van der Waals surface area contributed by atoms with E-state index in [0.29, 0.717) is 26.5 Å². The van der Waals surface area contributed by atoms with Crippen molar-refractivity contribution in [2.75, 3.05) is 5.32 Å². The molecule has 1 fully saturated rings. The first kappa shape index (κ1) is 13.3. The summed E-state index contributed by atoms with van der Waals surface area (Å²) in [5.41, 5.74) is 1.30. The number of halogens is 3. The minimum absolute atomic E-state index is 0.417. The summed E-state index contributed by atoms with van der Waals surface area (Å²) >= 11 is 18.0. The first-order valence-electron chi connectivity index (χ1n) is 5.78. The van der Waals surface area contributed by atoms with Gasteiger partial charge in [0.15, 0.2) is 0 Å². The van der Waals surface area contributed by atoms with E-state index in [1.165, 1.54) is 12.8 Å². The van der Waals surface area contributed by atoms with Gasteiger partial charge in [-0.2, -0.15) is 0 Å². The summed E-state index contributed by atoms with van der Waals surface area (Å²) in [6, 6.07) is 3.96. The summed E-state index contributed by atoms with van der Waals surface area (Å²) in [4.78, 5) is 0. The van der Waals surface area contributed by atoms with Crippen molar-refractivity contribution in [1.82, 2.24) is 0 Å². The Morgan fingerprint density at radius 3 is 2.35 bits per heavy atom. The fourth-order valence-corrected chi connectivity index (χ4v) is 3.01. The fraction of sp³-hybridized carbons (Fsp3) is 0.538. The van der Waals surface area contributed by atoms with Gasteiger partial charge in [-0.15, -0.1) is 0 Å². The van der Waals surface area contributed by atoms with Crippen LogP contribution in [0.5, 0.6) is 0 Å². The van der Waals surface area contributed by atoms with Gasteiger partial charge in [0.1, 0.15) is 0 Å². The van der Waals surface area contributed by atoms with Crippen molar-refractivity contribution in [1.29, 1.82) is 0 Å². The molecule has 0 heterocycles. The van der Waals surface area contributed by atoms with E-state index in [4.69, 9.17) is 34.8 Å². The average molecular weight is 293 g/mol. The van der Waals surface area contributed by atoms with Gasteiger partial charge in [0.2, 0.25) is 0 Å². The van der Waals surface area contributed by atoms with Crippen LogP contribution in [-0.2, 0) is 0 Å². The molecule has 0 aliphatic heterocycles. The summed E-state index contributed by atoms with van der Waals surface area (Å²) in [5.74, 6) is 0. The fourth-order valence-electron chi connectivity index (χ4n) is 2.41. The zero-order valence-electron chi connectivity index (χ0n) is 9.99. The molecular formula is C13H16Cl3N. The van der Waals surface area contributed by atoms with E-state index in [0.717, 1.165) is 12.1 Å². The Balaban J connectivity index is 2.12. The second kappa shape index (κ2) is 4.87. The molecule has 1 aliphatic carbocycles. The Bertz CT molecular complexity index is 429. The second-order valence-electron chi connectivity index (χ2n) is 5.49. The van der Waals surface area contributed by atoms with E-state index < -0.39 is 0 Å². The van der Waals surface area contributed by atoms with Gasteiger partial charge in [-0.05, 0) is 36.8 Å². The maximum absolute atomic E-state index is 6.15. The molecular weight excluding hydrogens is 277 g/mol. The topological polar surface area (TPSA) is 12.0 Å². The van der Waals surface area contributed by atoms with Gasteiger partial charge in [0, 0.05) is 6.04 Å². The molecule has 1 atom stereocenters. The van der Waals surface area contributed by atoms with Gasteiger partial charge < -0.3 is 5.32 Å². The largest absolute Gasteiger partial charge is 0.381 e. The molecule has 1 aliphatic rings. The highest BCUT2D eigenvalue weighted by Gasteiger charge is 2.31. The number of anilines is 1. The van der Waals surface area contributed by atoms with Crippen molar-refractivity contribution in [2.24, 2.45) is 5.41 Å². The molecule has 1 aromatic rings. The van der Waals surface area contributed by atoms with Crippen LogP contribution >= 0.6 is 34.8 Å². The summed E-state index contributed by atoms with van der Waals surface area (Å²) in [7, 11) is 0. The van der Waals surface area contributed by atoms with Crippen molar-refractivity contribution < 1.29 is 0 Å². The van der Waals surface area contributed by atoms with E-state index >= 15 is 0 Å². The van der Waals surface area contributed by atoms with Crippen LogP contribution in [-0.4, -0.2) is 6.04 Å². The van der Waals surface area contributed by atoms with Gasteiger partial charge in [-0.3, -0.25) is 0 Å². The van der Waals surface area contributed by atoms with Crippen molar-refractivity contribution in [3.8, 4) is 0 Å². The minimum Gasteiger partial charge on any atom is -0.381 e. The lowest BCUT2D eigenvalue weighted by molar-refractivity contribution is 0.378. The molecule has 0 bridgehead atoms. The van der Waals surface area contributed by atoms with Gasteiger partial charge in [-0.25, -0.2) is 0 Å². The zero-order chi connectivity index (χ0) is 12.6. The van der Waals surface area contributed by atoms with Crippen LogP contribution < -0.4 is 5.32 Å². The maximum Gasteiger partial charge on any atom is 0.0653 e. The normalized spacial score (nSPS) is 22.8. The minimum atomic E-state index is 0.417. The van der Waals surface area contributed by atoms with Gasteiger partial charge in [-0.1, -0.05) is 48.7 Å². The molecule has 4 heteroatoms. The van der Waals surface area contributed by atoms with Crippen LogP contribution in [0.1, 0.15) is 33.1 Å². The van der Waals surface area contributed by atoms with Crippen molar-refractivity contribution in [3.63, 3.8) is 0 Å². The van der Waals surface area contributed by atoms with Crippen molar-refractivity contribution in [2.45, 2.75) is 39.2 Å². The monoisotopic (exact) mass is 291 g/mol. The Morgan fingerprint density at radius 1 is 1.12 bits per heavy atom. The van der Waals surface area contributed by atoms with Gasteiger partial charge in [0.25, 0.3) is 0 Å². The Hall–Kier alpha value is -0.110. The third-order valence-electron chi connectivity index (χ3n) is 3.34. The predicted octanol–water partition coefficient (Wildman–Crippen LogP) is 5.64. The van der Waals surface area contributed by atoms with Crippen LogP contribution in [0.2, 0.25) is 15.1 Å². The molecule has 1 saturated carbocycles. The lowest BCUT2D eigenvalue weighted by Gasteiger charge is -2.19. The summed E-state index contributed by atoms with van der Waals surface area (Å²) in [6.07, 6.45) is 3.57. The average Bonchev–Trinajstić information content (AvgIpc) is 2.54. The number of hydrogen-bond acceptors (Lipinski definition) is 1. The third kappa shape index (κ3) is 3.21. The lowest BCUT2D eigenvalue weighted by atomic mass is 9.92. The van der Waals surface area contributed by atoms with E-state index in [2.05, 4.69) is 19.2 Å². The summed E-state index contributed by atoms with van der Waals surface area (Å²) < 4.78 is 0. The van der Waals surface area contributed by atoms with Crippen LogP contribution in [0, 0.1) is 5.41 Å². The number of benzene rings is 1. The highest BCUT2D eigenvalue weighted by atomic mass is 35.5. The van der Waals surface area contributed by atoms with Crippen LogP contribution in [0.3, 0.4) is 0 Å². The first-order chi connectivity index (χ1) is 7.87. The molecule has 2 rings (SSSR count). The van der Waals surface area contributed by atoms with Gasteiger partial charge in [0.05, 0.1) is 20.8 Å². The summed E-state index contributed by atoms with van der Waals surface area (Å²) in [5, 5.41) is 5.12. The molecule has 1 nitrogen and oxygen atoms in total. The SMILES string of the molecule is CC1(C)CCC(Nc2cc(Cl)c(Cl)cc2Cl)C1. The molecule has 0 spiro atoms. The predicted molar refractivity (Wildman–Crippen MR) is 76.5 cm³/mol. The molecule has 0 saturated heterocycles. The molecule has 0 radical (unpaired) electrons. The molecule has 17 heavy (non-hydrogen) atoms. The van der Waals surface area contributed by atoms with E-state index in [9.17, 15) is 0 Å². The van der Waals surface area contributed by atoms with Crippen molar-refractivity contribution >= 4 is 40.5 Å². The maximum atomic E-state index is 6.15. The highest BCUT2D eigenvalue weighted by molar-refractivity contribution is 6.44. The third-order valence-corrected chi connectivity index (χ3v) is 4.37. The van der Waals surface area contributed by atoms with E-state index in [1.807, 2.05) is 0 Å². The Labute approximate surface area is 117 Å². The van der Waals surface area contributed by atoms with Crippen LogP contribution in [0.4, 0.5) is 5.69 Å². The summed E-state index contributed by atoms with van der Waals surface area (Å²) in [6.45, 7) is 4.59. The standard InChI is InChI=1S/C13H16Cl3N/c1-13(2)4-3-8(7-13)17-12-6-10(15)9(14)5-11(12)16/h5-6,8,17H,3-4,7H2,1-2H3. The first-order valence-corrected chi connectivity index (χ1v) is 6.92. The molecule has 94 valence electrons. The molecule has 0 aromatic heterocycles. The van der Waals surface area contributed by atoms with E-state index in [1.54, 1.807) is 12.1 Å². The number of rotatable bonds is 2. The quantitative estimate of drug-likeness (QED) is 0.696. The lowest BCUT2D eigenvalue weighted by Crippen LogP contribution is -2.17. The highest BCUT2D eigenvalue weighted by Crippen LogP contribution is 2.40. The molecule has 1 N–H and O–H groups in total. The van der Waals surface area contributed by atoms with Crippen LogP contribution in [0.15, 0.2) is 12.1 Å². The Morgan fingerprint density at radius 2 is 1.76 bits per heavy atom. The number of hydrogen-bond donors (Lipinski definition) is 1. The smallest absolute Gasteiger partial charge is 0.0653 e. The molecule has 1 aromatic carbocycles. The van der Waals surface area contributed by atoms with E-state index in [-0.39, 0.29) is 0 Å². The second-order valence-corrected chi connectivity index (χ2v) is 6.72. The molecule has 0 amide bonds. The number of nitrogens with one attached hydrogen (secondary N) is 1. The Kier molecular flexibility index (Phi) is 3.82. The zero-order valence-corrected chi connectivity index (χ0v) is 12.3. The molecule has 1 unspecified atom stereocenters. The van der Waals surface area contributed by atoms with Gasteiger partial charge >= 0.3 is 0 Å².